The van der Waals surface area contributed by atoms with E-state index in [1.54, 1.807) is 13.2 Å². The topological polar surface area (TPSA) is 65.5 Å². The Kier molecular flexibility index (Phi) is 5.27. The van der Waals surface area contributed by atoms with Gasteiger partial charge in [-0.2, -0.15) is 0 Å². The first-order chi connectivity index (χ1) is 9.93. The van der Waals surface area contributed by atoms with Gasteiger partial charge in [0, 0.05) is 36.2 Å². The normalized spacial score (nSPS) is 11.8. The van der Waals surface area contributed by atoms with Crippen LogP contribution >= 0.6 is 22.3 Å². The summed E-state index contributed by atoms with van der Waals surface area (Å²) in [6.45, 7) is 0.990. The number of methoxy groups -OCH3 is 1. The van der Waals surface area contributed by atoms with Gasteiger partial charge in [0.1, 0.15) is 16.4 Å². The van der Waals surface area contributed by atoms with Crippen LogP contribution in [0.4, 0.5) is 0 Å². The number of hydrogen-bond donors (Lipinski definition) is 0. The van der Waals surface area contributed by atoms with Crippen molar-refractivity contribution in [1.29, 1.82) is 0 Å². The molecule has 0 aliphatic carbocycles. The molecule has 0 atom stereocenters. The molecule has 2 aromatic rings. The van der Waals surface area contributed by atoms with E-state index in [0.717, 1.165) is 0 Å². The highest BCUT2D eigenvalue weighted by molar-refractivity contribution is 8.14. The summed E-state index contributed by atoms with van der Waals surface area (Å²) in [4.78, 5) is 4.11. The molecule has 0 saturated carbocycles. The summed E-state index contributed by atoms with van der Waals surface area (Å²) in [6.07, 6.45) is 0.702. The van der Waals surface area contributed by atoms with Gasteiger partial charge in [-0.1, -0.05) is 11.6 Å². The van der Waals surface area contributed by atoms with E-state index in [0.29, 0.717) is 36.3 Å². The molecule has 0 saturated heterocycles. The standard InChI is InChI=1S/C13H13Cl2NO4S/c1-19-7-2-8-20-10-4-5-11(21(15,17)18)9-3-6-12(14)16-13(9)10/h3-6H,2,7-8H2,1H3. The number of hydrogen-bond acceptors (Lipinski definition) is 5. The number of benzene rings is 1. The van der Waals surface area contributed by atoms with Gasteiger partial charge in [0.05, 0.1) is 11.5 Å². The Bertz CT molecular complexity index is 749. The van der Waals surface area contributed by atoms with Gasteiger partial charge in [0.15, 0.2) is 0 Å². The molecule has 0 amide bonds. The van der Waals surface area contributed by atoms with Crippen LogP contribution in [0.15, 0.2) is 29.2 Å². The zero-order valence-electron chi connectivity index (χ0n) is 11.2. The predicted molar refractivity (Wildman–Crippen MR) is 81.8 cm³/mol. The summed E-state index contributed by atoms with van der Waals surface area (Å²) in [7, 11) is 3.16. The van der Waals surface area contributed by atoms with E-state index in [2.05, 4.69) is 4.98 Å². The highest BCUT2D eigenvalue weighted by atomic mass is 35.7. The molecule has 0 spiro atoms. The van der Waals surface area contributed by atoms with E-state index in [-0.39, 0.29) is 10.0 Å². The Morgan fingerprint density at radius 3 is 2.62 bits per heavy atom. The number of nitrogens with zero attached hydrogens (tertiary/aromatic N) is 1. The summed E-state index contributed by atoms with van der Waals surface area (Å²) in [6, 6.07) is 5.98. The summed E-state index contributed by atoms with van der Waals surface area (Å²) in [5.74, 6) is 0.452. The molecule has 0 aliphatic heterocycles. The first-order valence-electron chi connectivity index (χ1n) is 6.09. The second kappa shape index (κ2) is 6.79. The van der Waals surface area contributed by atoms with Crippen LogP contribution in [0, 0.1) is 0 Å². The predicted octanol–water partition coefficient (Wildman–Crippen LogP) is 3.23. The number of halogens is 2. The van der Waals surface area contributed by atoms with E-state index in [1.807, 2.05) is 0 Å². The van der Waals surface area contributed by atoms with Crippen molar-refractivity contribution in [3.8, 4) is 5.75 Å². The summed E-state index contributed by atoms with van der Waals surface area (Å²) in [5.41, 5.74) is 0.363. The second-order valence-electron chi connectivity index (χ2n) is 4.22. The van der Waals surface area contributed by atoms with Gasteiger partial charge in [-0.05, 0) is 24.3 Å². The van der Waals surface area contributed by atoms with Crippen molar-refractivity contribution in [3.63, 3.8) is 0 Å². The molecule has 8 heteroatoms. The third-order valence-electron chi connectivity index (χ3n) is 2.76. The van der Waals surface area contributed by atoms with Crippen LogP contribution in [0.5, 0.6) is 5.75 Å². The summed E-state index contributed by atoms with van der Waals surface area (Å²) in [5, 5.41) is 0.618. The Balaban J connectivity index is 2.46. The van der Waals surface area contributed by atoms with Crippen LogP contribution in [-0.4, -0.2) is 33.7 Å². The molecule has 5 nitrogen and oxygen atoms in total. The fourth-order valence-electron chi connectivity index (χ4n) is 1.86. The van der Waals surface area contributed by atoms with Crippen LogP contribution in [0.25, 0.3) is 10.9 Å². The molecule has 0 unspecified atom stereocenters. The Hall–Kier alpha value is -1.08. The average Bonchev–Trinajstić information content (AvgIpc) is 2.42. The third-order valence-corrected chi connectivity index (χ3v) is 4.35. The van der Waals surface area contributed by atoms with E-state index in [1.165, 1.54) is 18.2 Å². The van der Waals surface area contributed by atoms with Gasteiger partial charge >= 0.3 is 0 Å². The van der Waals surface area contributed by atoms with Crippen LogP contribution in [-0.2, 0) is 13.8 Å². The molecule has 2 rings (SSSR count). The largest absolute Gasteiger partial charge is 0.491 e. The zero-order chi connectivity index (χ0) is 15.5. The maximum Gasteiger partial charge on any atom is 0.261 e. The lowest BCUT2D eigenvalue weighted by Gasteiger charge is -2.10. The van der Waals surface area contributed by atoms with Gasteiger partial charge in [-0.15, -0.1) is 0 Å². The third kappa shape index (κ3) is 3.97. The molecule has 1 aromatic carbocycles. The lowest BCUT2D eigenvalue weighted by atomic mass is 10.2. The first-order valence-corrected chi connectivity index (χ1v) is 8.78. The SMILES string of the molecule is COCCCOc1ccc(S(=O)(=O)Cl)c2ccc(Cl)nc12. The maximum atomic E-state index is 11.6. The Morgan fingerprint density at radius 2 is 1.95 bits per heavy atom. The van der Waals surface area contributed by atoms with Gasteiger partial charge < -0.3 is 9.47 Å². The van der Waals surface area contributed by atoms with Gasteiger partial charge in [-0.25, -0.2) is 13.4 Å². The molecule has 0 N–H and O–H groups in total. The monoisotopic (exact) mass is 349 g/mol. The molecule has 0 bridgehead atoms. The summed E-state index contributed by atoms with van der Waals surface area (Å²) < 4.78 is 33.7. The smallest absolute Gasteiger partial charge is 0.261 e. The van der Waals surface area contributed by atoms with Crippen molar-refractivity contribution >= 4 is 42.2 Å². The van der Waals surface area contributed by atoms with E-state index in [9.17, 15) is 8.42 Å². The van der Waals surface area contributed by atoms with Crippen molar-refractivity contribution in [3.05, 3.63) is 29.4 Å². The minimum atomic E-state index is -3.87. The fourth-order valence-corrected chi connectivity index (χ4v) is 3.07. The van der Waals surface area contributed by atoms with Crippen molar-refractivity contribution in [2.45, 2.75) is 11.3 Å². The maximum absolute atomic E-state index is 11.6. The van der Waals surface area contributed by atoms with Gasteiger partial charge in [0.25, 0.3) is 9.05 Å². The van der Waals surface area contributed by atoms with Crippen molar-refractivity contribution in [2.24, 2.45) is 0 Å². The molecule has 0 aliphatic rings. The number of aromatic nitrogens is 1. The molecular formula is C13H13Cl2NO4S. The molecule has 1 heterocycles. The number of pyridine rings is 1. The minimum absolute atomic E-state index is 0.0208. The summed E-state index contributed by atoms with van der Waals surface area (Å²) >= 11 is 5.87. The van der Waals surface area contributed by atoms with Gasteiger partial charge in [-0.3, -0.25) is 0 Å². The lowest BCUT2D eigenvalue weighted by Crippen LogP contribution is -2.03. The first kappa shape index (κ1) is 16.3. The lowest BCUT2D eigenvalue weighted by molar-refractivity contribution is 0.172. The molecule has 21 heavy (non-hydrogen) atoms. The van der Waals surface area contributed by atoms with Crippen LogP contribution in [0.3, 0.4) is 0 Å². The highest BCUT2D eigenvalue weighted by Gasteiger charge is 2.17. The van der Waals surface area contributed by atoms with Crippen LogP contribution in [0.1, 0.15) is 6.42 Å². The molecule has 0 radical (unpaired) electrons. The second-order valence-corrected chi connectivity index (χ2v) is 7.15. The molecule has 114 valence electrons. The van der Waals surface area contributed by atoms with E-state index < -0.39 is 9.05 Å². The van der Waals surface area contributed by atoms with Crippen LogP contribution < -0.4 is 4.74 Å². The van der Waals surface area contributed by atoms with E-state index in [4.69, 9.17) is 31.8 Å². The Morgan fingerprint density at radius 1 is 1.19 bits per heavy atom. The van der Waals surface area contributed by atoms with E-state index >= 15 is 0 Å². The number of fused-ring (bicyclic) bond motifs is 1. The fraction of sp³-hybridized carbons (Fsp3) is 0.308. The van der Waals surface area contributed by atoms with Crippen molar-refractivity contribution < 1.29 is 17.9 Å². The molecular weight excluding hydrogens is 337 g/mol. The zero-order valence-corrected chi connectivity index (χ0v) is 13.5. The number of ether oxygens (including phenoxy) is 2. The average molecular weight is 350 g/mol. The molecule has 0 fully saturated rings. The quantitative estimate of drug-likeness (QED) is 0.455. The minimum Gasteiger partial charge on any atom is -0.491 e. The highest BCUT2D eigenvalue weighted by Crippen LogP contribution is 2.32. The Labute approximate surface area is 132 Å². The number of rotatable bonds is 6. The van der Waals surface area contributed by atoms with Crippen molar-refractivity contribution in [2.75, 3.05) is 20.3 Å². The van der Waals surface area contributed by atoms with Crippen LogP contribution in [0.2, 0.25) is 5.15 Å². The van der Waals surface area contributed by atoms with Crippen molar-refractivity contribution in [1.82, 2.24) is 4.98 Å². The molecule has 1 aromatic heterocycles. The van der Waals surface area contributed by atoms with Gasteiger partial charge in [0.2, 0.25) is 0 Å².